The van der Waals surface area contributed by atoms with E-state index in [9.17, 15) is 14.7 Å². The zero-order chi connectivity index (χ0) is 14.3. The van der Waals surface area contributed by atoms with Crippen molar-refractivity contribution < 1.29 is 19.4 Å². The number of likely N-dealkylation sites (N-methyl/N-ethyl adjacent to an activating group) is 1. The van der Waals surface area contributed by atoms with E-state index in [4.69, 9.17) is 0 Å². The van der Waals surface area contributed by atoms with Crippen molar-refractivity contribution in [3.63, 3.8) is 0 Å². The fourth-order valence-corrected chi connectivity index (χ4v) is 1.61. The third-order valence-electron chi connectivity index (χ3n) is 2.53. The minimum absolute atomic E-state index is 0.128. The molecule has 6 heteroatoms. The number of carbonyl (C=O) groups is 2. The van der Waals surface area contributed by atoms with Gasteiger partial charge in [0.1, 0.15) is 11.8 Å². The largest absolute Gasteiger partial charge is 0.508 e. The maximum atomic E-state index is 11.6. The summed E-state index contributed by atoms with van der Waals surface area (Å²) in [5.74, 6) is -0.633. The molecular formula is C13H18N2O4. The number of aromatic hydroxyl groups is 1. The maximum Gasteiger partial charge on any atom is 0.328 e. The Hall–Kier alpha value is -2.08. The molecule has 0 saturated carbocycles. The lowest BCUT2D eigenvalue weighted by Gasteiger charge is -2.16. The molecule has 6 nitrogen and oxygen atoms in total. The highest BCUT2D eigenvalue weighted by Crippen LogP contribution is 2.11. The van der Waals surface area contributed by atoms with Crippen molar-refractivity contribution in [2.75, 3.05) is 20.7 Å². The van der Waals surface area contributed by atoms with Gasteiger partial charge in [-0.1, -0.05) is 12.1 Å². The summed E-state index contributed by atoms with van der Waals surface area (Å²) in [5.41, 5.74) is 0.818. The molecule has 0 aliphatic rings. The molecule has 1 rings (SSSR count). The molecule has 104 valence electrons. The van der Waals surface area contributed by atoms with E-state index in [0.29, 0.717) is 6.42 Å². The first-order valence-electron chi connectivity index (χ1n) is 5.86. The standard InChI is InChI=1S/C13H18N2O4/c1-14-8-12(17)15-11(13(18)19-2)7-9-3-5-10(16)6-4-9/h3-6,11,14,16H,7-8H2,1-2H3,(H,15,17)/t11-/m0/s1. The predicted octanol–water partition coefficient (Wildman–Crippen LogP) is -0.188. The molecule has 0 heterocycles. The van der Waals surface area contributed by atoms with Gasteiger partial charge in [0, 0.05) is 6.42 Å². The van der Waals surface area contributed by atoms with Crippen molar-refractivity contribution in [2.45, 2.75) is 12.5 Å². The van der Waals surface area contributed by atoms with Crippen molar-refractivity contribution in [2.24, 2.45) is 0 Å². The van der Waals surface area contributed by atoms with E-state index in [0.717, 1.165) is 5.56 Å². The lowest BCUT2D eigenvalue weighted by molar-refractivity contribution is -0.144. The lowest BCUT2D eigenvalue weighted by atomic mass is 10.1. The Morgan fingerprint density at radius 3 is 2.47 bits per heavy atom. The van der Waals surface area contributed by atoms with Crippen LogP contribution in [-0.2, 0) is 20.7 Å². The van der Waals surface area contributed by atoms with Crippen LogP contribution in [0.15, 0.2) is 24.3 Å². The number of methoxy groups -OCH3 is 1. The zero-order valence-electron chi connectivity index (χ0n) is 11.0. The highest BCUT2D eigenvalue weighted by Gasteiger charge is 2.21. The lowest BCUT2D eigenvalue weighted by Crippen LogP contribution is -2.45. The molecule has 0 aliphatic heterocycles. The van der Waals surface area contributed by atoms with E-state index in [2.05, 4.69) is 15.4 Å². The summed E-state index contributed by atoms with van der Waals surface area (Å²) >= 11 is 0. The van der Waals surface area contributed by atoms with E-state index in [1.165, 1.54) is 19.2 Å². The summed E-state index contributed by atoms with van der Waals surface area (Å²) in [5, 5.41) is 14.5. The van der Waals surface area contributed by atoms with Crippen LogP contribution < -0.4 is 10.6 Å². The van der Waals surface area contributed by atoms with Gasteiger partial charge in [0.15, 0.2) is 0 Å². The number of ether oxygens (including phenoxy) is 1. The van der Waals surface area contributed by atoms with E-state index < -0.39 is 12.0 Å². The van der Waals surface area contributed by atoms with Crippen LogP contribution in [0.2, 0.25) is 0 Å². The number of phenolic OH excluding ortho intramolecular Hbond substituents is 1. The minimum Gasteiger partial charge on any atom is -0.508 e. The average molecular weight is 266 g/mol. The number of nitrogens with one attached hydrogen (secondary N) is 2. The molecule has 1 amide bonds. The SMILES string of the molecule is CNCC(=O)N[C@@H](Cc1ccc(O)cc1)C(=O)OC. The summed E-state index contributed by atoms with van der Waals surface area (Å²) in [6.07, 6.45) is 0.308. The quantitative estimate of drug-likeness (QED) is 0.621. The molecule has 0 radical (unpaired) electrons. The van der Waals surface area contributed by atoms with E-state index in [-0.39, 0.29) is 18.2 Å². The number of phenols is 1. The molecule has 0 aliphatic carbocycles. The number of esters is 1. The summed E-state index contributed by atoms with van der Waals surface area (Å²) < 4.78 is 4.66. The molecule has 0 aromatic heterocycles. The van der Waals surface area contributed by atoms with Crippen LogP contribution in [0.1, 0.15) is 5.56 Å². The molecule has 0 unspecified atom stereocenters. The van der Waals surface area contributed by atoms with Crippen molar-refractivity contribution >= 4 is 11.9 Å². The van der Waals surface area contributed by atoms with Gasteiger partial charge in [-0.3, -0.25) is 4.79 Å². The molecule has 1 aromatic carbocycles. The van der Waals surface area contributed by atoms with Gasteiger partial charge in [0.25, 0.3) is 0 Å². The molecule has 1 aromatic rings. The Balaban J connectivity index is 2.71. The molecule has 19 heavy (non-hydrogen) atoms. The first kappa shape index (κ1) is 15.0. The van der Waals surface area contributed by atoms with E-state index in [1.54, 1.807) is 19.2 Å². The normalized spacial score (nSPS) is 11.7. The van der Waals surface area contributed by atoms with Gasteiger partial charge in [-0.25, -0.2) is 4.79 Å². The van der Waals surface area contributed by atoms with Crippen LogP contribution in [0.4, 0.5) is 0 Å². The molecule has 0 bridgehead atoms. The highest BCUT2D eigenvalue weighted by molar-refractivity contribution is 5.85. The Bertz CT molecular complexity index is 431. The number of rotatable bonds is 6. The van der Waals surface area contributed by atoms with E-state index >= 15 is 0 Å². The van der Waals surface area contributed by atoms with Crippen LogP contribution in [-0.4, -0.2) is 43.7 Å². The van der Waals surface area contributed by atoms with Crippen LogP contribution in [0, 0.1) is 0 Å². The number of hydrogen-bond donors (Lipinski definition) is 3. The van der Waals surface area contributed by atoms with Crippen molar-refractivity contribution in [1.82, 2.24) is 10.6 Å². The van der Waals surface area contributed by atoms with Gasteiger partial charge in [-0.2, -0.15) is 0 Å². The molecular weight excluding hydrogens is 248 g/mol. The monoisotopic (exact) mass is 266 g/mol. The molecule has 1 atom stereocenters. The second-order valence-electron chi connectivity index (χ2n) is 4.04. The van der Waals surface area contributed by atoms with Crippen molar-refractivity contribution in [3.8, 4) is 5.75 Å². The summed E-state index contributed by atoms with van der Waals surface area (Å²) in [6.45, 7) is 0.128. The third kappa shape index (κ3) is 4.97. The summed E-state index contributed by atoms with van der Waals surface area (Å²) in [7, 11) is 2.92. The van der Waals surface area contributed by atoms with Crippen LogP contribution >= 0.6 is 0 Å². The first-order chi connectivity index (χ1) is 9.06. The highest BCUT2D eigenvalue weighted by atomic mass is 16.5. The number of hydrogen-bond acceptors (Lipinski definition) is 5. The van der Waals surface area contributed by atoms with Crippen LogP contribution in [0.3, 0.4) is 0 Å². The maximum absolute atomic E-state index is 11.6. The van der Waals surface area contributed by atoms with Gasteiger partial charge < -0.3 is 20.5 Å². The fraction of sp³-hybridized carbons (Fsp3) is 0.385. The Kier molecular flexibility index (Phi) is 5.81. The third-order valence-corrected chi connectivity index (χ3v) is 2.53. The van der Waals surface area contributed by atoms with Crippen LogP contribution in [0.5, 0.6) is 5.75 Å². The Labute approximate surface area is 111 Å². The van der Waals surface area contributed by atoms with Crippen LogP contribution in [0.25, 0.3) is 0 Å². The van der Waals surface area contributed by atoms with Gasteiger partial charge in [0.2, 0.25) is 5.91 Å². The Morgan fingerprint density at radius 1 is 1.32 bits per heavy atom. The van der Waals surface area contributed by atoms with Gasteiger partial charge >= 0.3 is 5.97 Å². The molecule has 0 saturated heterocycles. The minimum atomic E-state index is -0.740. The average Bonchev–Trinajstić information content (AvgIpc) is 2.40. The second kappa shape index (κ2) is 7.38. The molecule has 0 spiro atoms. The van der Waals surface area contributed by atoms with Gasteiger partial charge in [-0.15, -0.1) is 0 Å². The Morgan fingerprint density at radius 2 is 1.95 bits per heavy atom. The first-order valence-corrected chi connectivity index (χ1v) is 5.86. The number of amides is 1. The van der Waals surface area contributed by atoms with Gasteiger partial charge in [-0.05, 0) is 24.7 Å². The van der Waals surface area contributed by atoms with Crippen molar-refractivity contribution in [1.29, 1.82) is 0 Å². The molecule has 3 N–H and O–H groups in total. The smallest absolute Gasteiger partial charge is 0.328 e. The fourth-order valence-electron chi connectivity index (χ4n) is 1.61. The number of benzene rings is 1. The number of carbonyl (C=O) groups excluding carboxylic acids is 2. The summed E-state index contributed by atoms with van der Waals surface area (Å²) in [6, 6.07) is 5.69. The predicted molar refractivity (Wildman–Crippen MR) is 69.7 cm³/mol. The molecule has 0 fully saturated rings. The topological polar surface area (TPSA) is 87.7 Å². The van der Waals surface area contributed by atoms with Crippen molar-refractivity contribution in [3.05, 3.63) is 29.8 Å². The summed E-state index contributed by atoms with van der Waals surface area (Å²) in [4.78, 5) is 23.1. The van der Waals surface area contributed by atoms with E-state index in [1.807, 2.05) is 0 Å². The zero-order valence-corrected chi connectivity index (χ0v) is 11.0. The second-order valence-corrected chi connectivity index (χ2v) is 4.04. The van der Waals surface area contributed by atoms with Gasteiger partial charge in [0.05, 0.1) is 13.7 Å².